The van der Waals surface area contributed by atoms with Gasteiger partial charge in [0.2, 0.25) is 0 Å². The average molecular weight is 365 g/mol. The molecule has 144 valence electrons. The first-order valence-corrected chi connectivity index (χ1v) is 8.98. The van der Waals surface area contributed by atoms with Crippen LogP contribution in [0.5, 0.6) is 0 Å². The van der Waals surface area contributed by atoms with Gasteiger partial charge in [-0.1, -0.05) is 0 Å². The minimum Gasteiger partial charge on any atom is -0.466 e. The second-order valence-electron chi connectivity index (χ2n) is 7.29. The van der Waals surface area contributed by atoms with Crippen molar-refractivity contribution in [2.75, 3.05) is 13.2 Å². The molecule has 1 saturated heterocycles. The number of carbonyl (C=O) groups excluding carboxylic acids is 2. The summed E-state index contributed by atoms with van der Waals surface area (Å²) in [6.45, 7) is 11.9. The molecule has 0 radical (unpaired) electrons. The van der Waals surface area contributed by atoms with Crippen LogP contribution in [0.4, 0.5) is 0 Å². The molecule has 26 heavy (non-hydrogen) atoms. The van der Waals surface area contributed by atoms with E-state index in [1.54, 1.807) is 26.0 Å². The van der Waals surface area contributed by atoms with Gasteiger partial charge in [0.05, 0.1) is 30.8 Å². The van der Waals surface area contributed by atoms with Crippen LogP contribution in [0.2, 0.25) is 0 Å². The van der Waals surface area contributed by atoms with Crippen molar-refractivity contribution >= 4 is 19.1 Å². The molecule has 1 N–H and O–H groups in total. The van der Waals surface area contributed by atoms with Crippen molar-refractivity contribution in [3.05, 3.63) is 23.5 Å². The van der Waals surface area contributed by atoms with Crippen LogP contribution in [-0.2, 0) is 23.6 Å². The number of ether oxygens (including phenoxy) is 2. The topological polar surface area (TPSA) is 86.8 Å². The molecular formula is C18H28BNO6. The number of carbonyl (C=O) groups is 2. The Kier molecular flexibility index (Phi) is 6.19. The first kappa shape index (κ1) is 20.5. The van der Waals surface area contributed by atoms with E-state index in [1.165, 1.54) is 0 Å². The van der Waals surface area contributed by atoms with Crippen molar-refractivity contribution in [2.24, 2.45) is 0 Å². The third-order valence-corrected chi connectivity index (χ3v) is 4.90. The number of aromatic amines is 1. The fraction of sp³-hybridized carbons (Fsp3) is 0.667. The third kappa shape index (κ3) is 4.30. The van der Waals surface area contributed by atoms with E-state index in [4.69, 9.17) is 18.8 Å². The fourth-order valence-electron chi connectivity index (χ4n) is 2.76. The normalized spacial score (nSPS) is 19.2. The highest BCUT2D eigenvalue weighted by molar-refractivity contribution is 6.48. The van der Waals surface area contributed by atoms with Crippen LogP contribution in [0.15, 0.2) is 12.1 Å². The van der Waals surface area contributed by atoms with Crippen LogP contribution in [0.25, 0.3) is 0 Å². The van der Waals surface area contributed by atoms with Crippen molar-refractivity contribution in [1.29, 1.82) is 0 Å². The van der Waals surface area contributed by atoms with Gasteiger partial charge in [0.15, 0.2) is 0 Å². The van der Waals surface area contributed by atoms with Crippen molar-refractivity contribution < 1.29 is 28.4 Å². The van der Waals surface area contributed by atoms with E-state index >= 15 is 0 Å². The van der Waals surface area contributed by atoms with E-state index in [0.29, 0.717) is 18.0 Å². The van der Waals surface area contributed by atoms with Crippen molar-refractivity contribution in [1.82, 2.24) is 4.98 Å². The number of aromatic nitrogens is 1. The summed E-state index contributed by atoms with van der Waals surface area (Å²) in [5.74, 6) is -1.22. The molecule has 0 bridgehead atoms. The summed E-state index contributed by atoms with van der Waals surface area (Å²) in [6, 6.07) is 3.39. The smallest absolute Gasteiger partial charge is 0.466 e. The molecule has 1 aliphatic rings. The van der Waals surface area contributed by atoms with Gasteiger partial charge < -0.3 is 23.8 Å². The maximum Gasteiger partial charge on any atom is 0.467 e. The quantitative estimate of drug-likeness (QED) is 0.591. The zero-order valence-corrected chi connectivity index (χ0v) is 16.4. The lowest BCUT2D eigenvalue weighted by Crippen LogP contribution is -2.41. The molecule has 1 aromatic heterocycles. The highest BCUT2D eigenvalue weighted by Gasteiger charge is 2.54. The summed E-state index contributed by atoms with van der Waals surface area (Å²) >= 11 is 0. The number of hydrogen-bond acceptors (Lipinski definition) is 6. The summed E-state index contributed by atoms with van der Waals surface area (Å²) in [5.41, 5.74) is -0.0609. The van der Waals surface area contributed by atoms with Crippen LogP contribution in [0, 0.1) is 0 Å². The summed E-state index contributed by atoms with van der Waals surface area (Å²) < 4.78 is 22.3. The maximum absolute atomic E-state index is 12.1. The highest BCUT2D eigenvalue weighted by atomic mass is 16.7. The van der Waals surface area contributed by atoms with Crippen LogP contribution in [0.1, 0.15) is 70.0 Å². The lowest BCUT2D eigenvalue weighted by Gasteiger charge is -2.32. The van der Waals surface area contributed by atoms with Crippen molar-refractivity contribution in [3.8, 4) is 0 Å². The molecule has 1 aliphatic heterocycles. The van der Waals surface area contributed by atoms with Gasteiger partial charge in [0.25, 0.3) is 0 Å². The van der Waals surface area contributed by atoms with Crippen molar-refractivity contribution in [3.63, 3.8) is 0 Å². The SMILES string of the molecule is CCOC(=O)CC(B1OC(C)(C)C(C)(C)O1)c1ccc(C(=O)OCC)[nH]1. The highest BCUT2D eigenvalue weighted by Crippen LogP contribution is 2.41. The second-order valence-corrected chi connectivity index (χ2v) is 7.29. The first-order valence-electron chi connectivity index (χ1n) is 8.98. The molecule has 0 aromatic carbocycles. The van der Waals surface area contributed by atoms with Crippen LogP contribution < -0.4 is 0 Å². The molecule has 1 fully saturated rings. The van der Waals surface area contributed by atoms with Crippen LogP contribution in [-0.4, -0.2) is 48.5 Å². The Hall–Kier alpha value is -1.80. The number of hydrogen-bond donors (Lipinski definition) is 1. The molecule has 1 atom stereocenters. The third-order valence-electron chi connectivity index (χ3n) is 4.90. The van der Waals surface area contributed by atoms with E-state index < -0.39 is 30.1 Å². The molecule has 8 heteroatoms. The molecule has 0 amide bonds. The Bertz CT molecular complexity index is 638. The Labute approximate surface area is 154 Å². The van der Waals surface area contributed by atoms with Gasteiger partial charge in [0.1, 0.15) is 5.69 Å². The van der Waals surface area contributed by atoms with Gasteiger partial charge in [-0.05, 0) is 53.7 Å². The van der Waals surface area contributed by atoms with E-state index in [0.717, 1.165) is 0 Å². The number of nitrogens with one attached hydrogen (secondary N) is 1. The fourth-order valence-corrected chi connectivity index (χ4v) is 2.76. The zero-order valence-electron chi connectivity index (χ0n) is 16.4. The molecule has 1 aromatic rings. The van der Waals surface area contributed by atoms with E-state index in [1.807, 2.05) is 27.7 Å². The van der Waals surface area contributed by atoms with Crippen LogP contribution in [0.3, 0.4) is 0 Å². The van der Waals surface area contributed by atoms with Crippen molar-refractivity contribution in [2.45, 2.75) is 65.0 Å². The second kappa shape index (κ2) is 7.84. The summed E-state index contributed by atoms with van der Waals surface area (Å²) in [6.07, 6.45) is 0.0768. The lowest BCUT2D eigenvalue weighted by molar-refractivity contribution is -0.143. The minimum absolute atomic E-state index is 0.0768. The molecule has 0 saturated carbocycles. The number of H-pyrrole nitrogens is 1. The number of rotatable bonds is 7. The summed E-state index contributed by atoms with van der Waals surface area (Å²) in [5, 5.41) is 0. The van der Waals surface area contributed by atoms with Crippen LogP contribution >= 0.6 is 0 Å². The molecule has 7 nitrogen and oxygen atoms in total. The Morgan fingerprint density at radius 2 is 1.65 bits per heavy atom. The Balaban J connectivity index is 2.28. The standard InChI is InChI=1S/C18H28BNO6/c1-7-23-15(21)11-12(19-25-17(3,4)18(5,6)26-19)13-9-10-14(20-13)16(22)24-8-2/h9-10,12,20H,7-8,11H2,1-6H3. The van der Waals surface area contributed by atoms with E-state index in [-0.39, 0.29) is 19.0 Å². The van der Waals surface area contributed by atoms with E-state index in [2.05, 4.69) is 4.98 Å². The van der Waals surface area contributed by atoms with Gasteiger partial charge in [-0.2, -0.15) is 0 Å². The predicted octanol–water partition coefficient (Wildman–Crippen LogP) is 2.86. The molecular weight excluding hydrogens is 337 g/mol. The van der Waals surface area contributed by atoms with Gasteiger partial charge in [-0.3, -0.25) is 4.79 Å². The molecule has 2 heterocycles. The summed E-state index contributed by atoms with van der Waals surface area (Å²) in [4.78, 5) is 27.1. The van der Waals surface area contributed by atoms with Gasteiger partial charge in [0, 0.05) is 11.5 Å². The molecule has 0 aliphatic carbocycles. The largest absolute Gasteiger partial charge is 0.467 e. The predicted molar refractivity (Wildman–Crippen MR) is 96.8 cm³/mol. The van der Waals surface area contributed by atoms with Gasteiger partial charge >= 0.3 is 19.1 Å². The minimum atomic E-state index is -0.641. The Morgan fingerprint density at radius 3 is 2.19 bits per heavy atom. The number of esters is 2. The van der Waals surface area contributed by atoms with Gasteiger partial charge in [-0.15, -0.1) is 0 Å². The molecule has 0 spiro atoms. The lowest BCUT2D eigenvalue weighted by atomic mass is 9.68. The molecule has 2 rings (SSSR count). The monoisotopic (exact) mass is 365 g/mol. The van der Waals surface area contributed by atoms with Gasteiger partial charge in [-0.25, -0.2) is 4.79 Å². The molecule has 1 unspecified atom stereocenters. The zero-order chi connectivity index (χ0) is 19.5. The Morgan fingerprint density at radius 1 is 1.08 bits per heavy atom. The first-order chi connectivity index (χ1) is 12.1. The average Bonchev–Trinajstić information content (AvgIpc) is 3.08. The maximum atomic E-state index is 12.1. The summed E-state index contributed by atoms with van der Waals surface area (Å²) in [7, 11) is -0.641. The van der Waals surface area contributed by atoms with E-state index in [9.17, 15) is 9.59 Å².